The predicted molar refractivity (Wildman–Crippen MR) is 350 cm³/mol. The van der Waals surface area contributed by atoms with Crippen LogP contribution in [-0.2, 0) is 14.3 Å². The molecule has 1 aliphatic rings. The van der Waals surface area contributed by atoms with E-state index in [4.69, 9.17) is 9.47 Å². The van der Waals surface area contributed by atoms with Gasteiger partial charge in [-0.25, -0.2) is 0 Å². The molecule has 7 atom stereocenters. The van der Waals surface area contributed by atoms with Crippen LogP contribution in [0, 0.1) is 0 Å². The highest BCUT2D eigenvalue weighted by Crippen LogP contribution is 2.23. The lowest BCUT2D eigenvalue weighted by atomic mass is 9.99. The lowest BCUT2D eigenvalue weighted by Gasteiger charge is -2.40. The molecule has 0 aliphatic carbocycles. The maximum atomic E-state index is 13.1. The van der Waals surface area contributed by atoms with E-state index in [1.165, 1.54) is 141 Å². The van der Waals surface area contributed by atoms with Crippen LogP contribution in [0.1, 0.15) is 264 Å². The molecule has 0 aromatic heterocycles. The largest absolute Gasteiger partial charge is 0.394 e. The number of unbranched alkanes of at least 4 members (excludes halogenated alkanes) is 26. The van der Waals surface area contributed by atoms with Crippen molar-refractivity contribution in [3.05, 3.63) is 134 Å². The van der Waals surface area contributed by atoms with Crippen LogP contribution in [-0.4, -0.2) is 87.5 Å². The Morgan fingerprint density at radius 2 is 0.768 bits per heavy atom. The van der Waals surface area contributed by atoms with Gasteiger partial charge in [-0.2, -0.15) is 0 Å². The van der Waals surface area contributed by atoms with Crippen molar-refractivity contribution in [2.75, 3.05) is 13.2 Å². The van der Waals surface area contributed by atoms with Crippen LogP contribution in [0.15, 0.2) is 134 Å². The fourth-order valence-corrected chi connectivity index (χ4v) is 9.73. The van der Waals surface area contributed by atoms with Gasteiger partial charge in [-0.15, -0.1) is 0 Å². The van der Waals surface area contributed by atoms with Crippen molar-refractivity contribution in [3.8, 4) is 0 Å². The number of hydrogen-bond acceptors (Lipinski definition) is 8. The lowest BCUT2D eigenvalue weighted by Crippen LogP contribution is -2.60. The summed E-state index contributed by atoms with van der Waals surface area (Å²) in [6.07, 6.45) is 85.5. The fourth-order valence-electron chi connectivity index (χ4n) is 9.73. The van der Waals surface area contributed by atoms with Gasteiger partial charge in [0.05, 0.1) is 25.4 Å². The Bertz CT molecular complexity index is 1750. The van der Waals surface area contributed by atoms with Gasteiger partial charge in [-0.1, -0.05) is 282 Å². The highest BCUT2D eigenvalue weighted by atomic mass is 16.7. The van der Waals surface area contributed by atoms with Crippen molar-refractivity contribution in [1.82, 2.24) is 5.32 Å². The van der Waals surface area contributed by atoms with Crippen LogP contribution in [0.2, 0.25) is 0 Å². The Morgan fingerprint density at radius 3 is 1.17 bits per heavy atom. The smallest absolute Gasteiger partial charge is 0.220 e. The molecule has 0 aromatic rings. The van der Waals surface area contributed by atoms with Crippen molar-refractivity contribution in [2.45, 2.75) is 307 Å². The van der Waals surface area contributed by atoms with Gasteiger partial charge in [-0.3, -0.25) is 4.79 Å². The van der Waals surface area contributed by atoms with E-state index in [0.29, 0.717) is 12.8 Å². The summed E-state index contributed by atoms with van der Waals surface area (Å²) in [6.45, 7) is 3.63. The number of nitrogens with one attached hydrogen (secondary N) is 1. The monoisotopic (exact) mass is 1140 g/mol. The Labute approximate surface area is 502 Å². The summed E-state index contributed by atoms with van der Waals surface area (Å²) in [5.74, 6) is -0.237. The minimum absolute atomic E-state index is 0.233. The Morgan fingerprint density at radius 1 is 0.427 bits per heavy atom. The minimum Gasteiger partial charge on any atom is -0.394 e. The topological polar surface area (TPSA) is 149 Å². The fraction of sp³-hybridized carbons (Fsp3) is 0.685. The molecular formula is C73H123NO8. The number of carbonyl (C=O) groups excluding carboxylic acids is 1. The van der Waals surface area contributed by atoms with E-state index < -0.39 is 49.5 Å². The van der Waals surface area contributed by atoms with Crippen LogP contribution in [0.4, 0.5) is 0 Å². The molecule has 1 amide bonds. The SMILES string of the molecule is CC/C=C\C/C=C\C/C=C\C/C=C\C/C=C\C/C=C\C/C=C\C/C=C\CCCCC(=O)NC(COC1OC(CO)C(O)C(O)C1O)C(O)/C=C/CC/C=C/CC/C=C/CCCCCCCCCCCCCCCCCCCCCCCC. The van der Waals surface area contributed by atoms with Gasteiger partial charge >= 0.3 is 0 Å². The normalized spacial score (nSPS) is 19.2. The molecule has 9 nitrogen and oxygen atoms in total. The Hall–Kier alpha value is -3.67. The molecule has 7 unspecified atom stereocenters. The lowest BCUT2D eigenvalue weighted by molar-refractivity contribution is -0.302. The van der Waals surface area contributed by atoms with Gasteiger partial charge in [0.1, 0.15) is 24.4 Å². The average molecular weight is 1140 g/mol. The van der Waals surface area contributed by atoms with E-state index in [-0.39, 0.29) is 18.9 Å². The van der Waals surface area contributed by atoms with E-state index in [0.717, 1.165) is 89.9 Å². The summed E-state index contributed by atoms with van der Waals surface area (Å²) in [7, 11) is 0. The number of rotatable bonds is 56. The summed E-state index contributed by atoms with van der Waals surface area (Å²) in [6, 6.07) is -0.864. The number of carbonyl (C=O) groups is 1. The molecule has 6 N–H and O–H groups in total. The maximum Gasteiger partial charge on any atom is 0.220 e. The number of aliphatic hydroxyl groups excluding tert-OH is 5. The van der Waals surface area contributed by atoms with Crippen molar-refractivity contribution in [3.63, 3.8) is 0 Å². The first-order valence-corrected chi connectivity index (χ1v) is 33.4. The standard InChI is InChI=1S/C73H123NO8/c1-3-5-7-9-11-13-15-17-19-21-23-25-27-29-31-32-33-34-35-37-38-40-42-44-46-48-50-52-54-56-58-60-62-67(76)66(65-81-73-72(80)71(79)70(78)68(64-75)82-73)74-69(77)63-61-59-57-55-53-51-49-47-45-43-41-39-36-30-28-26-24-22-20-18-16-14-12-10-8-6-4-2/h6,8,12,14,18,20,24,26,30,36,41,43-44,46-47,49,52-55,60,62,66-68,70-73,75-76,78-80H,3-5,7,9-11,13,15-17,19,21-23,25,27-29,31-35,37-40,42,45,48,50-51,56-59,61,63-65H2,1-2H3,(H,74,77)/b8-6-,14-12-,20-18-,26-24-,36-30-,43-41-,46-44+,49-47-,54-52+,55-53-,62-60+. The van der Waals surface area contributed by atoms with Crippen molar-refractivity contribution < 1.29 is 39.8 Å². The van der Waals surface area contributed by atoms with Crippen LogP contribution in [0.25, 0.3) is 0 Å². The zero-order valence-corrected chi connectivity index (χ0v) is 52.2. The molecule has 0 radical (unpaired) electrons. The molecule has 468 valence electrons. The number of aliphatic hydroxyl groups is 5. The third kappa shape index (κ3) is 48.7. The van der Waals surface area contributed by atoms with Crippen molar-refractivity contribution in [1.29, 1.82) is 0 Å². The van der Waals surface area contributed by atoms with Gasteiger partial charge < -0.3 is 40.3 Å². The number of amides is 1. The summed E-state index contributed by atoms with van der Waals surface area (Å²) < 4.78 is 11.3. The summed E-state index contributed by atoms with van der Waals surface area (Å²) in [5.41, 5.74) is 0. The van der Waals surface area contributed by atoms with Gasteiger partial charge in [0, 0.05) is 6.42 Å². The van der Waals surface area contributed by atoms with E-state index in [1.807, 2.05) is 6.08 Å². The maximum absolute atomic E-state index is 13.1. The Kier molecular flexibility index (Phi) is 56.3. The summed E-state index contributed by atoms with van der Waals surface area (Å²) in [5, 5.41) is 54.6. The predicted octanol–water partition coefficient (Wildman–Crippen LogP) is 18.0. The molecule has 0 aromatic carbocycles. The average Bonchev–Trinajstić information content (AvgIpc) is 3.53. The Balaban J connectivity index is 2.25. The van der Waals surface area contributed by atoms with Crippen molar-refractivity contribution in [2.24, 2.45) is 0 Å². The van der Waals surface area contributed by atoms with Crippen LogP contribution in [0.3, 0.4) is 0 Å². The highest BCUT2D eigenvalue weighted by molar-refractivity contribution is 5.76. The van der Waals surface area contributed by atoms with Crippen LogP contribution < -0.4 is 5.32 Å². The quantitative estimate of drug-likeness (QED) is 0.0261. The van der Waals surface area contributed by atoms with Gasteiger partial charge in [-0.05, 0) is 109 Å². The molecule has 9 heteroatoms. The van der Waals surface area contributed by atoms with E-state index in [1.54, 1.807) is 6.08 Å². The molecule has 1 saturated heterocycles. The molecule has 0 bridgehead atoms. The molecular weight excluding hydrogens is 1020 g/mol. The second-order valence-electron chi connectivity index (χ2n) is 22.5. The van der Waals surface area contributed by atoms with Gasteiger partial charge in [0.25, 0.3) is 0 Å². The molecule has 82 heavy (non-hydrogen) atoms. The van der Waals surface area contributed by atoms with E-state index in [9.17, 15) is 30.3 Å². The van der Waals surface area contributed by atoms with Crippen LogP contribution in [0.5, 0.6) is 0 Å². The number of allylic oxidation sites excluding steroid dienone is 21. The van der Waals surface area contributed by atoms with Gasteiger partial charge in [0.2, 0.25) is 5.91 Å². The molecule has 0 saturated carbocycles. The van der Waals surface area contributed by atoms with Gasteiger partial charge in [0.15, 0.2) is 6.29 Å². The van der Waals surface area contributed by atoms with Crippen molar-refractivity contribution >= 4 is 5.91 Å². The molecule has 1 aliphatic heterocycles. The first kappa shape index (κ1) is 76.3. The molecule has 1 heterocycles. The zero-order valence-electron chi connectivity index (χ0n) is 52.2. The highest BCUT2D eigenvalue weighted by Gasteiger charge is 2.44. The second-order valence-corrected chi connectivity index (χ2v) is 22.5. The molecule has 0 spiro atoms. The summed E-state index contributed by atoms with van der Waals surface area (Å²) >= 11 is 0. The number of hydrogen-bond donors (Lipinski definition) is 6. The van der Waals surface area contributed by atoms with E-state index >= 15 is 0 Å². The number of ether oxygens (including phenoxy) is 2. The van der Waals surface area contributed by atoms with E-state index in [2.05, 4.69) is 141 Å². The third-order valence-electron chi connectivity index (χ3n) is 14.9. The zero-order chi connectivity index (χ0) is 59.3. The molecule has 1 fully saturated rings. The van der Waals surface area contributed by atoms with Crippen LogP contribution >= 0.6 is 0 Å². The first-order valence-electron chi connectivity index (χ1n) is 33.4. The third-order valence-corrected chi connectivity index (χ3v) is 14.9. The minimum atomic E-state index is -1.59. The first-order chi connectivity index (χ1) is 40.3. The second kappa shape index (κ2) is 60.5. The summed E-state index contributed by atoms with van der Waals surface area (Å²) in [4.78, 5) is 13.1. The molecule has 1 rings (SSSR count).